The van der Waals surface area contributed by atoms with Crippen LogP contribution in [0.3, 0.4) is 0 Å². The van der Waals surface area contributed by atoms with Gasteiger partial charge >= 0.3 is 6.09 Å². The standard InChI is InChI=1S/C11H18N4O2/c1-3-5-6-10-12-7-9(14-10)8-13-15-11(16)17-4-2/h7-8H,3-6H2,1-2H3,(H,12,14)(H,15,16). The van der Waals surface area contributed by atoms with Crippen molar-refractivity contribution in [3.63, 3.8) is 0 Å². The largest absolute Gasteiger partial charge is 0.449 e. The first-order chi connectivity index (χ1) is 8.26. The molecule has 17 heavy (non-hydrogen) atoms. The molecule has 0 unspecified atom stereocenters. The zero-order valence-corrected chi connectivity index (χ0v) is 10.2. The third-order valence-corrected chi connectivity index (χ3v) is 2.05. The number of aryl methyl sites for hydroxylation is 1. The molecule has 1 rings (SSSR count). The molecule has 0 bridgehead atoms. The van der Waals surface area contributed by atoms with Crippen LogP contribution in [-0.4, -0.2) is 28.9 Å². The van der Waals surface area contributed by atoms with Gasteiger partial charge in [-0.3, -0.25) is 0 Å². The lowest BCUT2D eigenvalue weighted by molar-refractivity contribution is 0.152. The summed E-state index contributed by atoms with van der Waals surface area (Å²) in [7, 11) is 0. The molecular weight excluding hydrogens is 220 g/mol. The van der Waals surface area contributed by atoms with Gasteiger partial charge in [-0.15, -0.1) is 0 Å². The van der Waals surface area contributed by atoms with Gasteiger partial charge in [-0.25, -0.2) is 15.2 Å². The van der Waals surface area contributed by atoms with E-state index < -0.39 is 6.09 Å². The van der Waals surface area contributed by atoms with E-state index in [1.807, 2.05) is 0 Å². The smallest absolute Gasteiger partial charge is 0.427 e. The van der Waals surface area contributed by atoms with Crippen molar-refractivity contribution in [1.82, 2.24) is 15.4 Å². The summed E-state index contributed by atoms with van der Waals surface area (Å²) in [6.07, 6.45) is 5.82. The van der Waals surface area contributed by atoms with E-state index in [1.165, 1.54) is 6.21 Å². The summed E-state index contributed by atoms with van der Waals surface area (Å²) in [5.41, 5.74) is 2.93. The van der Waals surface area contributed by atoms with Gasteiger partial charge in [-0.2, -0.15) is 5.10 Å². The maximum Gasteiger partial charge on any atom is 0.427 e. The Morgan fingerprint density at radius 3 is 3.18 bits per heavy atom. The lowest BCUT2D eigenvalue weighted by Crippen LogP contribution is -2.18. The summed E-state index contributed by atoms with van der Waals surface area (Å²) in [5.74, 6) is 0.935. The van der Waals surface area contributed by atoms with E-state index in [0.29, 0.717) is 12.3 Å². The van der Waals surface area contributed by atoms with E-state index >= 15 is 0 Å². The number of hydrazone groups is 1. The monoisotopic (exact) mass is 238 g/mol. The van der Waals surface area contributed by atoms with Crippen LogP contribution in [0.4, 0.5) is 4.79 Å². The molecule has 0 aliphatic heterocycles. The average molecular weight is 238 g/mol. The number of nitrogens with one attached hydrogen (secondary N) is 2. The SMILES string of the molecule is CCCCc1nc(C=NNC(=O)OCC)c[nH]1. The molecule has 1 heterocycles. The van der Waals surface area contributed by atoms with Crippen LogP contribution in [0.25, 0.3) is 0 Å². The van der Waals surface area contributed by atoms with E-state index in [9.17, 15) is 4.79 Å². The normalized spacial score (nSPS) is 10.7. The summed E-state index contributed by atoms with van der Waals surface area (Å²) in [4.78, 5) is 18.3. The fourth-order valence-electron chi connectivity index (χ4n) is 1.23. The molecule has 0 aliphatic rings. The Balaban J connectivity index is 2.37. The predicted octanol–water partition coefficient (Wildman–Crippen LogP) is 1.83. The maximum absolute atomic E-state index is 10.9. The van der Waals surface area contributed by atoms with Crippen LogP contribution in [0.2, 0.25) is 0 Å². The van der Waals surface area contributed by atoms with Gasteiger partial charge in [0.05, 0.1) is 12.8 Å². The van der Waals surface area contributed by atoms with Crippen LogP contribution in [0.5, 0.6) is 0 Å². The highest BCUT2D eigenvalue weighted by Gasteiger charge is 1.99. The number of unbranched alkanes of at least 4 members (excludes halogenated alkanes) is 1. The first-order valence-electron chi connectivity index (χ1n) is 5.76. The molecule has 0 radical (unpaired) electrons. The molecule has 94 valence electrons. The lowest BCUT2D eigenvalue weighted by Gasteiger charge is -1.97. The minimum absolute atomic E-state index is 0.324. The average Bonchev–Trinajstić information content (AvgIpc) is 2.75. The van der Waals surface area contributed by atoms with Crippen molar-refractivity contribution < 1.29 is 9.53 Å². The van der Waals surface area contributed by atoms with Gasteiger partial charge in [0.1, 0.15) is 11.5 Å². The second kappa shape index (κ2) is 7.43. The van der Waals surface area contributed by atoms with Gasteiger partial charge in [0, 0.05) is 12.6 Å². The molecule has 0 atom stereocenters. The first-order valence-corrected chi connectivity index (χ1v) is 5.76. The summed E-state index contributed by atoms with van der Waals surface area (Å²) in [6, 6.07) is 0. The maximum atomic E-state index is 10.9. The van der Waals surface area contributed by atoms with E-state index in [-0.39, 0.29) is 0 Å². The Morgan fingerprint density at radius 2 is 2.47 bits per heavy atom. The van der Waals surface area contributed by atoms with Crippen LogP contribution in [0, 0.1) is 0 Å². The number of aromatic amines is 1. The fraction of sp³-hybridized carbons (Fsp3) is 0.545. The van der Waals surface area contributed by atoms with Gasteiger partial charge in [-0.1, -0.05) is 13.3 Å². The number of carbonyl (C=O) groups excluding carboxylic acids is 1. The van der Waals surface area contributed by atoms with Crippen LogP contribution >= 0.6 is 0 Å². The Kier molecular flexibility index (Phi) is 5.77. The van der Waals surface area contributed by atoms with E-state index in [2.05, 4.69) is 32.2 Å². The summed E-state index contributed by atoms with van der Waals surface area (Å²) < 4.78 is 4.65. The van der Waals surface area contributed by atoms with Gasteiger partial charge in [-0.05, 0) is 13.3 Å². The van der Waals surface area contributed by atoms with Crippen molar-refractivity contribution in [2.45, 2.75) is 33.1 Å². The van der Waals surface area contributed by atoms with Gasteiger partial charge < -0.3 is 9.72 Å². The summed E-state index contributed by atoms with van der Waals surface area (Å²) in [6.45, 7) is 4.19. The molecular formula is C11H18N4O2. The third kappa shape index (κ3) is 5.14. The van der Waals surface area contributed by atoms with Crippen molar-refractivity contribution in [3.05, 3.63) is 17.7 Å². The number of rotatable bonds is 6. The van der Waals surface area contributed by atoms with Crippen LogP contribution in [0.15, 0.2) is 11.3 Å². The van der Waals surface area contributed by atoms with Crippen molar-refractivity contribution in [2.75, 3.05) is 6.61 Å². The van der Waals surface area contributed by atoms with Crippen molar-refractivity contribution in [2.24, 2.45) is 5.10 Å². The van der Waals surface area contributed by atoms with Crippen molar-refractivity contribution >= 4 is 12.3 Å². The second-order valence-corrected chi connectivity index (χ2v) is 3.47. The van der Waals surface area contributed by atoms with Gasteiger partial charge in [0.2, 0.25) is 0 Å². The minimum Gasteiger partial charge on any atom is -0.449 e. The number of carbonyl (C=O) groups is 1. The Labute approximate surface area is 100 Å². The second-order valence-electron chi connectivity index (χ2n) is 3.47. The molecule has 0 aromatic carbocycles. The van der Waals surface area contributed by atoms with E-state index in [0.717, 1.165) is 25.1 Å². The Hall–Kier alpha value is -1.85. The topological polar surface area (TPSA) is 79.4 Å². The summed E-state index contributed by atoms with van der Waals surface area (Å²) >= 11 is 0. The van der Waals surface area contributed by atoms with Crippen LogP contribution in [0.1, 0.15) is 38.2 Å². The lowest BCUT2D eigenvalue weighted by atomic mass is 10.2. The highest BCUT2D eigenvalue weighted by Crippen LogP contribution is 2.00. The zero-order valence-electron chi connectivity index (χ0n) is 10.2. The highest BCUT2D eigenvalue weighted by molar-refractivity contribution is 5.78. The quantitative estimate of drug-likeness (QED) is 0.586. The number of H-pyrrole nitrogens is 1. The Morgan fingerprint density at radius 1 is 1.65 bits per heavy atom. The molecule has 1 amide bonds. The summed E-state index contributed by atoms with van der Waals surface area (Å²) in [5, 5.41) is 3.72. The number of hydrogen-bond acceptors (Lipinski definition) is 4. The molecule has 1 aromatic rings. The molecule has 0 fully saturated rings. The Bertz CT molecular complexity index is 373. The number of hydrogen-bond donors (Lipinski definition) is 2. The molecule has 0 saturated carbocycles. The molecule has 0 saturated heterocycles. The van der Waals surface area contributed by atoms with Gasteiger partial charge in [0.25, 0.3) is 0 Å². The number of amides is 1. The number of ether oxygens (including phenoxy) is 1. The van der Waals surface area contributed by atoms with E-state index in [1.54, 1.807) is 13.1 Å². The minimum atomic E-state index is -0.564. The highest BCUT2D eigenvalue weighted by atomic mass is 16.5. The molecule has 6 nitrogen and oxygen atoms in total. The zero-order chi connectivity index (χ0) is 12.5. The number of aromatic nitrogens is 2. The number of imidazole rings is 1. The van der Waals surface area contributed by atoms with Crippen LogP contribution in [-0.2, 0) is 11.2 Å². The third-order valence-electron chi connectivity index (χ3n) is 2.05. The molecule has 6 heteroatoms. The first kappa shape index (κ1) is 13.2. The molecule has 0 spiro atoms. The molecule has 1 aromatic heterocycles. The predicted molar refractivity (Wildman–Crippen MR) is 65.0 cm³/mol. The van der Waals surface area contributed by atoms with Gasteiger partial charge in [0.15, 0.2) is 0 Å². The van der Waals surface area contributed by atoms with Crippen molar-refractivity contribution in [3.8, 4) is 0 Å². The molecule has 0 aliphatic carbocycles. The molecule has 2 N–H and O–H groups in total. The fourth-order valence-corrected chi connectivity index (χ4v) is 1.23. The van der Waals surface area contributed by atoms with Crippen LogP contribution < -0.4 is 5.43 Å². The van der Waals surface area contributed by atoms with E-state index in [4.69, 9.17) is 0 Å². The van der Waals surface area contributed by atoms with Crippen molar-refractivity contribution in [1.29, 1.82) is 0 Å². The number of nitrogens with zero attached hydrogens (tertiary/aromatic N) is 2.